The van der Waals surface area contributed by atoms with Crippen molar-refractivity contribution in [2.45, 2.75) is 25.8 Å². The molecule has 2 atom stereocenters. The molecule has 1 aromatic heterocycles. The van der Waals surface area contributed by atoms with Gasteiger partial charge in [-0.2, -0.15) is 4.98 Å². The normalized spacial score (nSPS) is 20.2. The SMILES string of the molecule is C[C@@H](Nc1nc(N2CCN(C(=O)[C@H]3CCCNC3)CC2)ncc1Cl)c1ccc(Cl)cc1Cl. The zero-order valence-electron chi connectivity index (χ0n) is 18.0. The third kappa shape index (κ3) is 5.39. The van der Waals surface area contributed by atoms with Crippen LogP contribution in [0, 0.1) is 5.92 Å². The van der Waals surface area contributed by atoms with Crippen molar-refractivity contribution in [2.24, 2.45) is 5.92 Å². The highest BCUT2D eigenvalue weighted by molar-refractivity contribution is 6.35. The standard InChI is InChI=1S/C22H27Cl3N6O/c1-14(17-5-4-16(23)11-18(17)24)28-20-19(25)13-27-22(29-20)31-9-7-30(8-10-31)21(32)15-3-2-6-26-12-15/h4-5,11,13-15,26H,2-3,6-10,12H2,1H3,(H,27,28,29)/t14-,15+/m1/s1. The number of amides is 1. The summed E-state index contributed by atoms with van der Waals surface area (Å²) in [5.74, 6) is 1.49. The highest BCUT2D eigenvalue weighted by atomic mass is 35.5. The zero-order chi connectivity index (χ0) is 22.7. The van der Waals surface area contributed by atoms with Crippen molar-refractivity contribution >= 4 is 52.5 Å². The fourth-order valence-corrected chi connectivity index (χ4v) is 4.91. The second-order valence-electron chi connectivity index (χ2n) is 8.25. The van der Waals surface area contributed by atoms with Gasteiger partial charge in [-0.1, -0.05) is 40.9 Å². The summed E-state index contributed by atoms with van der Waals surface area (Å²) in [6, 6.07) is 5.28. The number of carbonyl (C=O) groups is 1. The number of rotatable bonds is 5. The van der Waals surface area contributed by atoms with Crippen LogP contribution in [0.25, 0.3) is 0 Å². The monoisotopic (exact) mass is 496 g/mol. The Bertz CT molecular complexity index is 961. The maximum atomic E-state index is 12.8. The molecule has 3 heterocycles. The summed E-state index contributed by atoms with van der Waals surface area (Å²) in [5.41, 5.74) is 0.900. The summed E-state index contributed by atoms with van der Waals surface area (Å²) in [5, 5.41) is 8.25. The number of carbonyl (C=O) groups excluding carboxylic acids is 1. The molecule has 2 fully saturated rings. The van der Waals surface area contributed by atoms with Crippen LogP contribution in [0.1, 0.15) is 31.4 Å². The Morgan fingerprint density at radius 2 is 1.97 bits per heavy atom. The molecular weight excluding hydrogens is 471 g/mol. The molecule has 0 aliphatic carbocycles. The summed E-state index contributed by atoms with van der Waals surface area (Å²) < 4.78 is 0. The molecule has 0 unspecified atom stereocenters. The van der Waals surface area contributed by atoms with Crippen molar-refractivity contribution in [1.29, 1.82) is 0 Å². The van der Waals surface area contributed by atoms with Gasteiger partial charge < -0.3 is 20.4 Å². The predicted molar refractivity (Wildman–Crippen MR) is 130 cm³/mol. The van der Waals surface area contributed by atoms with Crippen LogP contribution in [0.3, 0.4) is 0 Å². The molecule has 2 N–H and O–H groups in total. The smallest absolute Gasteiger partial charge is 0.227 e. The van der Waals surface area contributed by atoms with Crippen molar-refractivity contribution in [3.8, 4) is 0 Å². The number of benzene rings is 1. The lowest BCUT2D eigenvalue weighted by Gasteiger charge is -2.37. The fourth-order valence-electron chi connectivity index (χ4n) is 4.19. The van der Waals surface area contributed by atoms with E-state index >= 15 is 0 Å². The topological polar surface area (TPSA) is 73.4 Å². The van der Waals surface area contributed by atoms with Gasteiger partial charge in [0, 0.05) is 42.8 Å². The van der Waals surface area contributed by atoms with Crippen molar-refractivity contribution in [1.82, 2.24) is 20.2 Å². The van der Waals surface area contributed by atoms with E-state index in [9.17, 15) is 4.79 Å². The summed E-state index contributed by atoms with van der Waals surface area (Å²) in [7, 11) is 0. The third-order valence-electron chi connectivity index (χ3n) is 6.03. The number of nitrogens with zero attached hydrogens (tertiary/aromatic N) is 4. The van der Waals surface area contributed by atoms with Gasteiger partial charge in [0.2, 0.25) is 11.9 Å². The van der Waals surface area contributed by atoms with Gasteiger partial charge in [0.15, 0.2) is 5.82 Å². The lowest BCUT2D eigenvalue weighted by Crippen LogP contribution is -2.52. The number of anilines is 2. The molecule has 0 bridgehead atoms. The molecule has 2 aromatic rings. The Morgan fingerprint density at radius 1 is 1.19 bits per heavy atom. The maximum Gasteiger partial charge on any atom is 0.227 e. The average Bonchev–Trinajstić information content (AvgIpc) is 2.80. The van der Waals surface area contributed by atoms with E-state index < -0.39 is 0 Å². The fraction of sp³-hybridized carbons (Fsp3) is 0.500. The first-order valence-electron chi connectivity index (χ1n) is 10.9. The molecular formula is C22H27Cl3N6O. The maximum absolute atomic E-state index is 12.8. The van der Waals surface area contributed by atoms with E-state index in [1.54, 1.807) is 18.3 Å². The molecule has 4 rings (SSSR count). The minimum Gasteiger partial charge on any atom is -0.362 e. The van der Waals surface area contributed by atoms with Crippen LogP contribution in [-0.2, 0) is 4.79 Å². The van der Waals surface area contributed by atoms with E-state index in [1.807, 2.05) is 17.9 Å². The predicted octanol–water partition coefficient (Wildman–Crippen LogP) is 4.26. The molecule has 2 aliphatic rings. The lowest BCUT2D eigenvalue weighted by molar-refractivity contribution is -0.136. The van der Waals surface area contributed by atoms with Gasteiger partial charge in [0.25, 0.3) is 0 Å². The summed E-state index contributed by atoms with van der Waals surface area (Å²) in [4.78, 5) is 25.9. The number of aromatic nitrogens is 2. The largest absolute Gasteiger partial charge is 0.362 e. The molecule has 1 aromatic carbocycles. The van der Waals surface area contributed by atoms with E-state index in [-0.39, 0.29) is 17.9 Å². The summed E-state index contributed by atoms with van der Waals surface area (Å²) in [6.07, 6.45) is 3.63. The zero-order valence-corrected chi connectivity index (χ0v) is 20.2. The van der Waals surface area contributed by atoms with E-state index in [2.05, 4.69) is 25.5 Å². The second-order valence-corrected chi connectivity index (χ2v) is 9.50. The highest BCUT2D eigenvalue weighted by Crippen LogP contribution is 2.30. The van der Waals surface area contributed by atoms with Crippen LogP contribution < -0.4 is 15.5 Å². The summed E-state index contributed by atoms with van der Waals surface area (Å²) in [6.45, 7) is 6.48. The van der Waals surface area contributed by atoms with Crippen LogP contribution in [0.15, 0.2) is 24.4 Å². The Balaban J connectivity index is 1.40. The highest BCUT2D eigenvalue weighted by Gasteiger charge is 2.29. The molecule has 1 amide bonds. The van der Waals surface area contributed by atoms with Crippen LogP contribution in [-0.4, -0.2) is 60.0 Å². The van der Waals surface area contributed by atoms with Crippen LogP contribution >= 0.6 is 34.8 Å². The number of piperazine rings is 1. The minimum atomic E-state index is -0.126. The first-order valence-corrected chi connectivity index (χ1v) is 12.0. The first-order chi connectivity index (χ1) is 15.4. The molecule has 10 heteroatoms. The van der Waals surface area contributed by atoms with E-state index in [0.717, 1.165) is 31.5 Å². The first kappa shape index (κ1) is 23.4. The van der Waals surface area contributed by atoms with Gasteiger partial charge in [-0.05, 0) is 44.0 Å². The summed E-state index contributed by atoms with van der Waals surface area (Å²) >= 11 is 18.7. The average molecular weight is 498 g/mol. The molecule has 32 heavy (non-hydrogen) atoms. The van der Waals surface area contributed by atoms with Gasteiger partial charge in [-0.3, -0.25) is 4.79 Å². The molecule has 172 valence electrons. The number of nitrogens with one attached hydrogen (secondary N) is 2. The minimum absolute atomic E-state index is 0.0964. The molecule has 7 nitrogen and oxygen atoms in total. The quantitative estimate of drug-likeness (QED) is 0.643. The van der Waals surface area contributed by atoms with Gasteiger partial charge in [-0.15, -0.1) is 0 Å². The van der Waals surface area contributed by atoms with Crippen molar-refractivity contribution in [2.75, 3.05) is 49.5 Å². The van der Waals surface area contributed by atoms with E-state index in [0.29, 0.717) is 53.0 Å². The number of hydrogen-bond acceptors (Lipinski definition) is 6. The Labute approximate surface area is 203 Å². The molecule has 2 aliphatic heterocycles. The molecule has 0 saturated carbocycles. The Kier molecular flexibility index (Phi) is 7.61. The third-order valence-corrected chi connectivity index (χ3v) is 6.87. The van der Waals surface area contributed by atoms with Crippen LogP contribution in [0.5, 0.6) is 0 Å². The van der Waals surface area contributed by atoms with Crippen molar-refractivity contribution < 1.29 is 4.79 Å². The van der Waals surface area contributed by atoms with Crippen molar-refractivity contribution in [3.63, 3.8) is 0 Å². The number of hydrogen-bond donors (Lipinski definition) is 2. The van der Waals surface area contributed by atoms with Gasteiger partial charge >= 0.3 is 0 Å². The van der Waals surface area contributed by atoms with Gasteiger partial charge in [0.1, 0.15) is 5.02 Å². The van der Waals surface area contributed by atoms with E-state index in [4.69, 9.17) is 34.8 Å². The molecule has 2 saturated heterocycles. The number of halogens is 3. The van der Waals surface area contributed by atoms with E-state index in [1.165, 1.54) is 0 Å². The second kappa shape index (κ2) is 10.4. The molecule has 0 radical (unpaired) electrons. The number of piperidine rings is 1. The Morgan fingerprint density at radius 3 is 2.66 bits per heavy atom. The van der Waals surface area contributed by atoms with Gasteiger partial charge in [0.05, 0.1) is 18.2 Å². The van der Waals surface area contributed by atoms with Crippen LogP contribution in [0.2, 0.25) is 15.1 Å². The Hall–Kier alpha value is -1.80. The van der Waals surface area contributed by atoms with Crippen molar-refractivity contribution in [3.05, 3.63) is 45.0 Å². The van der Waals surface area contributed by atoms with Gasteiger partial charge in [-0.25, -0.2) is 4.98 Å². The lowest BCUT2D eigenvalue weighted by atomic mass is 9.98. The van der Waals surface area contributed by atoms with Crippen LogP contribution in [0.4, 0.5) is 11.8 Å². The molecule has 0 spiro atoms.